The molecule has 0 aromatic carbocycles. The highest BCUT2D eigenvalue weighted by Gasteiger charge is 2.26. The van der Waals surface area contributed by atoms with Crippen LogP contribution in [0.2, 0.25) is 0 Å². The molecular formula is C18H23N5O2. The van der Waals surface area contributed by atoms with Gasteiger partial charge < -0.3 is 14.5 Å². The van der Waals surface area contributed by atoms with Crippen LogP contribution in [0.5, 0.6) is 0 Å². The van der Waals surface area contributed by atoms with Crippen molar-refractivity contribution >= 4 is 5.91 Å². The first-order valence-electron chi connectivity index (χ1n) is 8.46. The zero-order valence-corrected chi connectivity index (χ0v) is 14.4. The summed E-state index contributed by atoms with van der Waals surface area (Å²) in [7, 11) is 2.00. The third-order valence-corrected chi connectivity index (χ3v) is 4.20. The van der Waals surface area contributed by atoms with E-state index in [0.29, 0.717) is 32.7 Å². The molecule has 1 amide bonds. The number of pyridine rings is 1. The number of hydrogen-bond acceptors (Lipinski definition) is 6. The number of ether oxygens (including phenoxy) is 1. The van der Waals surface area contributed by atoms with Gasteiger partial charge in [-0.15, -0.1) is 0 Å². The summed E-state index contributed by atoms with van der Waals surface area (Å²) >= 11 is 0. The normalized spacial score (nSPS) is 17.7. The van der Waals surface area contributed by atoms with Crippen LogP contribution in [0.15, 0.2) is 43.0 Å². The molecule has 0 spiro atoms. The number of carbonyl (C=O) groups excluding carboxylic acids is 1. The van der Waals surface area contributed by atoms with Gasteiger partial charge in [0.1, 0.15) is 6.10 Å². The third kappa shape index (κ3) is 5.04. The molecule has 1 unspecified atom stereocenters. The maximum Gasteiger partial charge on any atom is 0.224 e. The maximum atomic E-state index is 12.5. The molecule has 3 heterocycles. The van der Waals surface area contributed by atoms with E-state index >= 15 is 0 Å². The summed E-state index contributed by atoms with van der Waals surface area (Å²) in [5.41, 5.74) is 1.78. The molecule has 1 atom stereocenters. The van der Waals surface area contributed by atoms with Crippen LogP contribution >= 0.6 is 0 Å². The second-order valence-corrected chi connectivity index (χ2v) is 6.14. The van der Waals surface area contributed by atoms with E-state index in [9.17, 15) is 4.79 Å². The van der Waals surface area contributed by atoms with Crippen LogP contribution in [-0.2, 0) is 16.1 Å². The first-order valence-corrected chi connectivity index (χ1v) is 8.46. The number of aromatic nitrogens is 3. The average molecular weight is 341 g/mol. The lowest BCUT2D eigenvalue weighted by Crippen LogP contribution is -2.43. The summed E-state index contributed by atoms with van der Waals surface area (Å²) in [4.78, 5) is 29.2. The molecule has 7 nitrogen and oxygen atoms in total. The van der Waals surface area contributed by atoms with Crippen molar-refractivity contribution in [1.29, 1.82) is 0 Å². The zero-order chi connectivity index (χ0) is 17.5. The van der Waals surface area contributed by atoms with E-state index in [1.807, 2.05) is 30.1 Å². The Morgan fingerprint density at radius 1 is 1.32 bits per heavy atom. The standard InChI is InChI=1S/C18H23N5O2/c1-22(13-15-4-2-3-6-20-15)9-5-18(24)23-10-11-25-17(14-23)16-12-19-7-8-21-16/h2-4,6-8,12,17H,5,9-11,13-14H2,1H3. The van der Waals surface area contributed by atoms with Gasteiger partial charge in [0.05, 0.1) is 30.7 Å². The molecule has 25 heavy (non-hydrogen) atoms. The largest absolute Gasteiger partial charge is 0.368 e. The molecule has 2 aromatic heterocycles. The van der Waals surface area contributed by atoms with E-state index in [2.05, 4.69) is 19.9 Å². The summed E-state index contributed by atoms with van der Waals surface area (Å²) in [6.07, 6.45) is 7.04. The molecule has 0 N–H and O–H groups in total. The lowest BCUT2D eigenvalue weighted by atomic mass is 10.2. The van der Waals surface area contributed by atoms with Crippen molar-refractivity contribution < 1.29 is 9.53 Å². The van der Waals surface area contributed by atoms with E-state index in [1.165, 1.54) is 0 Å². The molecule has 1 saturated heterocycles. The van der Waals surface area contributed by atoms with Crippen LogP contribution < -0.4 is 0 Å². The molecular weight excluding hydrogens is 318 g/mol. The number of carbonyl (C=O) groups is 1. The van der Waals surface area contributed by atoms with Gasteiger partial charge in [0.2, 0.25) is 5.91 Å². The van der Waals surface area contributed by atoms with Gasteiger partial charge in [-0.1, -0.05) is 6.07 Å². The van der Waals surface area contributed by atoms with Gasteiger partial charge in [-0.2, -0.15) is 0 Å². The van der Waals surface area contributed by atoms with E-state index in [-0.39, 0.29) is 12.0 Å². The Morgan fingerprint density at radius 2 is 2.24 bits per heavy atom. The number of amides is 1. The summed E-state index contributed by atoms with van der Waals surface area (Å²) in [5, 5.41) is 0. The third-order valence-electron chi connectivity index (χ3n) is 4.20. The van der Waals surface area contributed by atoms with E-state index in [0.717, 1.165) is 17.9 Å². The summed E-state index contributed by atoms with van der Waals surface area (Å²) in [6, 6.07) is 5.87. The minimum Gasteiger partial charge on any atom is -0.368 e. The Balaban J connectivity index is 1.47. The maximum absolute atomic E-state index is 12.5. The lowest BCUT2D eigenvalue weighted by molar-refractivity contribution is -0.139. The number of rotatable bonds is 6. The molecule has 1 aliphatic rings. The number of morpholine rings is 1. The summed E-state index contributed by atoms with van der Waals surface area (Å²) in [6.45, 7) is 3.11. The molecule has 7 heteroatoms. The predicted octanol–water partition coefficient (Wildman–Crippen LogP) is 1.29. The van der Waals surface area contributed by atoms with Crippen LogP contribution in [0.25, 0.3) is 0 Å². The van der Waals surface area contributed by atoms with Gasteiger partial charge in [0.15, 0.2) is 0 Å². The summed E-state index contributed by atoms with van der Waals surface area (Å²) in [5.74, 6) is 0.144. The van der Waals surface area contributed by atoms with Crippen LogP contribution in [0.4, 0.5) is 0 Å². The topological polar surface area (TPSA) is 71.5 Å². The second kappa shape index (κ2) is 8.64. The SMILES string of the molecule is CN(CCC(=O)N1CCOC(c2cnccn2)C1)Cc1ccccn1. The molecule has 0 aliphatic carbocycles. The molecule has 0 saturated carbocycles. The van der Waals surface area contributed by atoms with Gasteiger partial charge in [0.25, 0.3) is 0 Å². The van der Waals surface area contributed by atoms with Crippen LogP contribution in [0, 0.1) is 0 Å². The molecule has 132 valence electrons. The Kier molecular flexibility index (Phi) is 6.03. The van der Waals surface area contributed by atoms with Crippen molar-refractivity contribution in [2.75, 3.05) is 33.3 Å². The first-order chi connectivity index (χ1) is 12.2. The van der Waals surface area contributed by atoms with E-state index in [4.69, 9.17) is 4.74 Å². The van der Waals surface area contributed by atoms with Crippen molar-refractivity contribution in [2.45, 2.75) is 19.1 Å². The van der Waals surface area contributed by atoms with Gasteiger partial charge in [-0.05, 0) is 19.2 Å². The fraction of sp³-hybridized carbons (Fsp3) is 0.444. The van der Waals surface area contributed by atoms with Crippen molar-refractivity contribution in [3.63, 3.8) is 0 Å². The highest BCUT2D eigenvalue weighted by Crippen LogP contribution is 2.20. The Labute approximate surface area is 147 Å². The summed E-state index contributed by atoms with van der Waals surface area (Å²) < 4.78 is 5.73. The van der Waals surface area contributed by atoms with E-state index in [1.54, 1.807) is 24.8 Å². The van der Waals surface area contributed by atoms with Gasteiger partial charge in [-0.3, -0.25) is 19.7 Å². The minimum atomic E-state index is -0.197. The van der Waals surface area contributed by atoms with E-state index < -0.39 is 0 Å². The Hall–Kier alpha value is -2.38. The molecule has 0 radical (unpaired) electrons. The lowest BCUT2D eigenvalue weighted by Gasteiger charge is -2.33. The minimum absolute atomic E-state index is 0.144. The average Bonchev–Trinajstić information content (AvgIpc) is 2.68. The van der Waals surface area contributed by atoms with Crippen molar-refractivity contribution in [2.24, 2.45) is 0 Å². The fourth-order valence-electron chi connectivity index (χ4n) is 2.82. The molecule has 1 fully saturated rings. The van der Waals surface area contributed by atoms with Crippen LogP contribution in [0.3, 0.4) is 0 Å². The van der Waals surface area contributed by atoms with Gasteiger partial charge in [0, 0.05) is 44.6 Å². The highest BCUT2D eigenvalue weighted by molar-refractivity contribution is 5.76. The number of nitrogens with zero attached hydrogens (tertiary/aromatic N) is 5. The number of hydrogen-bond donors (Lipinski definition) is 0. The molecule has 3 rings (SSSR count). The predicted molar refractivity (Wildman–Crippen MR) is 92.5 cm³/mol. The fourth-order valence-corrected chi connectivity index (χ4v) is 2.82. The highest BCUT2D eigenvalue weighted by atomic mass is 16.5. The smallest absolute Gasteiger partial charge is 0.224 e. The van der Waals surface area contributed by atoms with Crippen molar-refractivity contribution in [3.05, 3.63) is 54.4 Å². The molecule has 1 aliphatic heterocycles. The Morgan fingerprint density at radius 3 is 3.00 bits per heavy atom. The molecule has 2 aromatic rings. The van der Waals surface area contributed by atoms with Gasteiger partial charge >= 0.3 is 0 Å². The monoisotopic (exact) mass is 341 g/mol. The quantitative estimate of drug-likeness (QED) is 0.788. The van der Waals surface area contributed by atoms with Gasteiger partial charge in [-0.25, -0.2) is 0 Å². The van der Waals surface area contributed by atoms with Crippen LogP contribution in [0.1, 0.15) is 23.9 Å². The molecule has 0 bridgehead atoms. The first kappa shape index (κ1) is 17.4. The second-order valence-electron chi connectivity index (χ2n) is 6.14. The Bertz CT molecular complexity index is 668. The van der Waals surface area contributed by atoms with Crippen molar-refractivity contribution in [3.8, 4) is 0 Å². The van der Waals surface area contributed by atoms with Crippen molar-refractivity contribution in [1.82, 2.24) is 24.8 Å². The van der Waals surface area contributed by atoms with Crippen LogP contribution in [-0.4, -0.2) is 63.9 Å². The zero-order valence-electron chi connectivity index (χ0n) is 14.4.